The number of benzene rings is 3. The molecule has 3 aromatic carbocycles. The minimum atomic E-state index is -3.81. The summed E-state index contributed by atoms with van der Waals surface area (Å²) in [6.45, 7) is 0.321. The Kier molecular flexibility index (Phi) is 6.12. The van der Waals surface area contributed by atoms with E-state index in [-0.39, 0.29) is 10.6 Å². The molecule has 0 aliphatic carbocycles. The summed E-state index contributed by atoms with van der Waals surface area (Å²) in [6, 6.07) is 20.2. The Hall–Kier alpha value is -3.04. The molecule has 1 aliphatic rings. The van der Waals surface area contributed by atoms with Crippen molar-refractivity contribution >= 4 is 31.4 Å². The van der Waals surface area contributed by atoms with E-state index in [1.54, 1.807) is 54.6 Å². The van der Waals surface area contributed by atoms with Gasteiger partial charge in [-0.25, -0.2) is 16.8 Å². The molecule has 1 heterocycles. The molecule has 0 fully saturated rings. The van der Waals surface area contributed by atoms with Crippen molar-refractivity contribution in [2.75, 3.05) is 22.7 Å². The van der Waals surface area contributed by atoms with E-state index in [1.807, 2.05) is 6.07 Å². The first-order valence-corrected chi connectivity index (χ1v) is 13.2. The van der Waals surface area contributed by atoms with E-state index in [2.05, 4.69) is 4.72 Å². The maximum absolute atomic E-state index is 13.3. The molecular weight excluding hydrogens is 448 g/mol. The first-order chi connectivity index (χ1) is 15.3. The van der Waals surface area contributed by atoms with Crippen molar-refractivity contribution in [2.24, 2.45) is 0 Å². The van der Waals surface area contributed by atoms with Crippen LogP contribution in [0, 0.1) is 0 Å². The van der Waals surface area contributed by atoms with E-state index in [9.17, 15) is 16.8 Å². The SMILES string of the molecule is COc1ccc(S(=O)(=O)N2CCCc3ccc(NS(=O)(=O)Cc4ccccc4)cc32)cc1. The van der Waals surface area contributed by atoms with Crippen molar-refractivity contribution < 1.29 is 21.6 Å². The number of fused-ring (bicyclic) bond motifs is 1. The number of methoxy groups -OCH3 is 1. The standard InChI is InChI=1S/C23H24N2O5S2/c1-30-21-11-13-22(14-12-21)32(28,29)25-15-5-8-19-9-10-20(16-23(19)25)24-31(26,27)17-18-6-3-2-4-7-18/h2-4,6-7,9-14,16,24H,5,8,15,17H2,1H3. The zero-order valence-electron chi connectivity index (χ0n) is 17.6. The quantitative estimate of drug-likeness (QED) is 0.565. The number of hydrogen-bond donors (Lipinski definition) is 1. The number of anilines is 2. The van der Waals surface area contributed by atoms with Crippen LogP contribution in [-0.2, 0) is 32.2 Å². The first-order valence-electron chi connectivity index (χ1n) is 10.1. The molecule has 0 radical (unpaired) electrons. The normalized spacial score (nSPS) is 14.0. The molecule has 0 saturated carbocycles. The fraction of sp³-hybridized carbons (Fsp3) is 0.217. The Labute approximate surface area is 188 Å². The lowest BCUT2D eigenvalue weighted by Crippen LogP contribution is -2.35. The molecule has 0 spiro atoms. The van der Waals surface area contributed by atoms with Crippen molar-refractivity contribution in [3.63, 3.8) is 0 Å². The lowest BCUT2D eigenvalue weighted by atomic mass is 10.0. The van der Waals surface area contributed by atoms with Gasteiger partial charge in [0.15, 0.2) is 0 Å². The minimum absolute atomic E-state index is 0.154. The average molecular weight is 473 g/mol. The van der Waals surface area contributed by atoms with Gasteiger partial charge >= 0.3 is 0 Å². The van der Waals surface area contributed by atoms with Crippen LogP contribution in [0.4, 0.5) is 11.4 Å². The predicted molar refractivity (Wildman–Crippen MR) is 125 cm³/mol. The van der Waals surface area contributed by atoms with E-state index in [1.165, 1.54) is 23.5 Å². The van der Waals surface area contributed by atoms with Gasteiger partial charge in [0.2, 0.25) is 10.0 Å². The maximum Gasteiger partial charge on any atom is 0.264 e. The third-order valence-corrected chi connectivity index (χ3v) is 8.37. The molecule has 0 saturated heterocycles. The van der Waals surface area contributed by atoms with Crippen LogP contribution < -0.4 is 13.8 Å². The van der Waals surface area contributed by atoms with Gasteiger partial charge in [0, 0.05) is 6.54 Å². The van der Waals surface area contributed by atoms with Gasteiger partial charge in [0.05, 0.1) is 29.1 Å². The van der Waals surface area contributed by atoms with Gasteiger partial charge < -0.3 is 4.74 Å². The molecule has 7 nitrogen and oxygen atoms in total. The van der Waals surface area contributed by atoms with Gasteiger partial charge in [0.1, 0.15) is 5.75 Å². The number of aryl methyl sites for hydroxylation is 1. The molecule has 0 amide bonds. The summed E-state index contributed by atoms with van der Waals surface area (Å²) in [7, 11) is -5.95. The zero-order chi connectivity index (χ0) is 22.8. The molecule has 0 bridgehead atoms. The van der Waals surface area contributed by atoms with Crippen molar-refractivity contribution in [1.29, 1.82) is 0 Å². The summed E-state index contributed by atoms with van der Waals surface area (Å²) in [4.78, 5) is 0.154. The van der Waals surface area contributed by atoms with E-state index >= 15 is 0 Å². The number of hydrogen-bond acceptors (Lipinski definition) is 5. The first kappa shape index (κ1) is 22.2. The summed E-state index contributed by atoms with van der Waals surface area (Å²) >= 11 is 0. The Morgan fingerprint density at radius 3 is 2.34 bits per heavy atom. The third kappa shape index (κ3) is 4.73. The van der Waals surface area contributed by atoms with Crippen LogP contribution in [0.15, 0.2) is 77.7 Å². The minimum Gasteiger partial charge on any atom is -0.497 e. The summed E-state index contributed by atoms with van der Waals surface area (Å²) in [5, 5.41) is 0. The highest BCUT2D eigenvalue weighted by Gasteiger charge is 2.29. The average Bonchev–Trinajstić information content (AvgIpc) is 2.78. The van der Waals surface area contributed by atoms with E-state index < -0.39 is 20.0 Å². The molecule has 0 unspecified atom stereocenters. The summed E-state index contributed by atoms with van der Waals surface area (Å²) in [5.41, 5.74) is 2.35. The van der Waals surface area contributed by atoms with Crippen LogP contribution in [0.25, 0.3) is 0 Å². The van der Waals surface area contributed by atoms with Crippen LogP contribution in [0.2, 0.25) is 0 Å². The molecule has 9 heteroatoms. The lowest BCUT2D eigenvalue weighted by Gasteiger charge is -2.31. The summed E-state index contributed by atoms with van der Waals surface area (Å²) in [5.74, 6) is 0.400. The summed E-state index contributed by atoms with van der Waals surface area (Å²) in [6.07, 6.45) is 1.41. The van der Waals surface area contributed by atoms with Gasteiger partial charge in [-0.1, -0.05) is 36.4 Å². The number of nitrogens with zero attached hydrogens (tertiary/aromatic N) is 1. The molecule has 168 valence electrons. The lowest BCUT2D eigenvalue weighted by molar-refractivity contribution is 0.414. The Balaban J connectivity index is 1.63. The van der Waals surface area contributed by atoms with Crippen LogP contribution in [0.1, 0.15) is 17.5 Å². The van der Waals surface area contributed by atoms with Crippen LogP contribution >= 0.6 is 0 Å². The molecule has 1 N–H and O–H groups in total. The second-order valence-corrected chi connectivity index (χ2v) is 11.1. The predicted octanol–water partition coefficient (Wildman–Crippen LogP) is 3.78. The monoisotopic (exact) mass is 472 g/mol. The van der Waals surface area contributed by atoms with E-state index in [0.717, 1.165) is 12.0 Å². The second-order valence-electron chi connectivity index (χ2n) is 7.55. The van der Waals surface area contributed by atoms with Crippen molar-refractivity contribution in [1.82, 2.24) is 0 Å². The Morgan fingerprint density at radius 2 is 1.66 bits per heavy atom. The van der Waals surface area contributed by atoms with Crippen LogP contribution in [0.3, 0.4) is 0 Å². The largest absolute Gasteiger partial charge is 0.497 e. The molecule has 0 aromatic heterocycles. The van der Waals surface area contributed by atoms with Crippen LogP contribution in [0.5, 0.6) is 5.75 Å². The molecule has 4 rings (SSSR count). The van der Waals surface area contributed by atoms with Gasteiger partial charge in [0.25, 0.3) is 10.0 Å². The highest BCUT2D eigenvalue weighted by molar-refractivity contribution is 7.93. The fourth-order valence-electron chi connectivity index (χ4n) is 3.74. The molecule has 0 atom stereocenters. The third-order valence-electron chi connectivity index (χ3n) is 5.28. The van der Waals surface area contributed by atoms with Crippen LogP contribution in [-0.4, -0.2) is 30.5 Å². The number of sulfonamides is 2. The zero-order valence-corrected chi connectivity index (χ0v) is 19.2. The molecule has 3 aromatic rings. The van der Waals surface area contributed by atoms with Gasteiger partial charge in [-0.05, 0) is 60.4 Å². The second kappa shape index (κ2) is 8.84. The number of ether oxygens (including phenoxy) is 1. The van der Waals surface area contributed by atoms with Crippen molar-refractivity contribution in [3.05, 3.63) is 83.9 Å². The smallest absolute Gasteiger partial charge is 0.264 e. The van der Waals surface area contributed by atoms with Gasteiger partial charge in [-0.3, -0.25) is 9.03 Å². The Bertz CT molecular complexity index is 1310. The molecule has 32 heavy (non-hydrogen) atoms. The van der Waals surface area contributed by atoms with E-state index in [0.29, 0.717) is 35.7 Å². The number of nitrogens with one attached hydrogen (secondary N) is 1. The molecular formula is C23H24N2O5S2. The fourth-order valence-corrected chi connectivity index (χ4v) is 6.46. The Morgan fingerprint density at radius 1 is 0.938 bits per heavy atom. The topological polar surface area (TPSA) is 92.8 Å². The number of rotatable bonds is 7. The van der Waals surface area contributed by atoms with Crippen molar-refractivity contribution in [2.45, 2.75) is 23.5 Å². The van der Waals surface area contributed by atoms with Gasteiger partial charge in [-0.15, -0.1) is 0 Å². The molecule has 1 aliphatic heterocycles. The van der Waals surface area contributed by atoms with E-state index in [4.69, 9.17) is 4.74 Å². The maximum atomic E-state index is 13.3. The summed E-state index contributed by atoms with van der Waals surface area (Å²) < 4.78 is 61.0. The van der Waals surface area contributed by atoms with Crippen molar-refractivity contribution in [3.8, 4) is 5.75 Å². The van der Waals surface area contributed by atoms with Gasteiger partial charge in [-0.2, -0.15) is 0 Å². The highest BCUT2D eigenvalue weighted by atomic mass is 32.2. The highest BCUT2D eigenvalue weighted by Crippen LogP contribution is 2.34.